The van der Waals surface area contributed by atoms with E-state index < -0.39 is 5.91 Å². The second kappa shape index (κ2) is 7.48. The van der Waals surface area contributed by atoms with Crippen molar-refractivity contribution < 1.29 is 14.7 Å². The zero-order chi connectivity index (χ0) is 17.1. The Bertz CT molecular complexity index is 606. The number of piperidine rings is 2. The number of amides is 2. The van der Waals surface area contributed by atoms with Crippen LogP contribution in [0.1, 0.15) is 42.6 Å². The monoisotopic (exact) mass is 352 g/mol. The fraction of sp³-hybridized carbons (Fsp3) is 0.688. The lowest BCUT2D eigenvalue weighted by atomic mass is 9.83. The first-order chi connectivity index (χ1) is 11.6. The molecule has 132 valence electrons. The van der Waals surface area contributed by atoms with Gasteiger partial charge >= 0.3 is 0 Å². The third kappa shape index (κ3) is 3.54. The minimum absolute atomic E-state index is 0.177. The Hall–Kier alpha value is -1.67. The summed E-state index contributed by atoms with van der Waals surface area (Å²) in [6.45, 7) is 2.61. The number of rotatable bonds is 6. The molecule has 2 aliphatic heterocycles. The van der Waals surface area contributed by atoms with Crippen molar-refractivity contribution in [3.8, 4) is 0 Å². The molecule has 2 amide bonds. The molecule has 1 aromatic rings. The second-order valence-corrected chi connectivity index (χ2v) is 7.33. The molecule has 0 unspecified atom stereocenters. The van der Waals surface area contributed by atoms with E-state index in [4.69, 9.17) is 10.8 Å². The van der Waals surface area contributed by atoms with Gasteiger partial charge in [-0.3, -0.25) is 9.59 Å². The molecule has 2 saturated heterocycles. The standard InChI is InChI=1S/C16H24N4O3S/c17-15(23)12-10-24-16(18-12)19-7-5-13-11(9-19)3-4-14(22)20(13)6-1-2-8-21/h10-11,13,21H,1-9H2,(H2,17,23)/t11-,13+/m0/s1. The zero-order valence-electron chi connectivity index (χ0n) is 13.7. The van der Waals surface area contributed by atoms with Crippen molar-refractivity contribution in [1.29, 1.82) is 0 Å². The number of fused-ring (bicyclic) bond motifs is 1. The number of carbonyl (C=O) groups is 2. The highest BCUT2D eigenvalue weighted by molar-refractivity contribution is 7.13. The summed E-state index contributed by atoms with van der Waals surface area (Å²) >= 11 is 1.45. The van der Waals surface area contributed by atoms with Crippen molar-refractivity contribution in [1.82, 2.24) is 9.88 Å². The van der Waals surface area contributed by atoms with Crippen molar-refractivity contribution in [2.45, 2.75) is 38.1 Å². The Morgan fingerprint density at radius 3 is 2.96 bits per heavy atom. The summed E-state index contributed by atoms with van der Waals surface area (Å²) in [6.07, 6.45) is 4.01. The third-order valence-corrected chi connectivity index (χ3v) is 5.87. The molecule has 7 nitrogen and oxygen atoms in total. The summed E-state index contributed by atoms with van der Waals surface area (Å²) in [7, 11) is 0. The van der Waals surface area contributed by atoms with Gasteiger partial charge < -0.3 is 20.6 Å². The van der Waals surface area contributed by atoms with Gasteiger partial charge in [0.2, 0.25) is 5.91 Å². The van der Waals surface area contributed by atoms with Crippen LogP contribution in [0.2, 0.25) is 0 Å². The van der Waals surface area contributed by atoms with Gasteiger partial charge in [0.25, 0.3) is 5.91 Å². The number of thiazole rings is 1. The first kappa shape index (κ1) is 17.2. The highest BCUT2D eigenvalue weighted by Gasteiger charge is 2.39. The Kier molecular flexibility index (Phi) is 5.35. The van der Waals surface area contributed by atoms with Gasteiger partial charge in [-0.25, -0.2) is 4.98 Å². The van der Waals surface area contributed by atoms with Crippen molar-refractivity contribution in [3.05, 3.63) is 11.1 Å². The summed E-state index contributed by atoms with van der Waals surface area (Å²) in [4.78, 5) is 32.0. The molecule has 3 rings (SSSR count). The second-order valence-electron chi connectivity index (χ2n) is 6.50. The van der Waals surface area contributed by atoms with Crippen LogP contribution >= 0.6 is 11.3 Å². The Morgan fingerprint density at radius 1 is 1.42 bits per heavy atom. The molecule has 2 atom stereocenters. The first-order valence-corrected chi connectivity index (χ1v) is 9.38. The van der Waals surface area contributed by atoms with E-state index in [0.29, 0.717) is 18.0 Å². The molecular weight excluding hydrogens is 328 g/mol. The summed E-state index contributed by atoms with van der Waals surface area (Å²) in [5, 5.41) is 11.5. The van der Waals surface area contributed by atoms with Gasteiger partial charge in [-0.15, -0.1) is 11.3 Å². The number of nitrogens with zero attached hydrogens (tertiary/aromatic N) is 3. The van der Waals surface area contributed by atoms with Gasteiger partial charge in [0.05, 0.1) is 0 Å². The van der Waals surface area contributed by atoms with E-state index in [0.717, 1.165) is 50.4 Å². The van der Waals surface area contributed by atoms with Gasteiger partial charge in [0, 0.05) is 44.1 Å². The van der Waals surface area contributed by atoms with Crippen LogP contribution in [-0.4, -0.2) is 59.1 Å². The van der Waals surface area contributed by atoms with Crippen molar-refractivity contribution >= 4 is 28.3 Å². The molecule has 0 aliphatic carbocycles. The maximum Gasteiger partial charge on any atom is 0.268 e. The maximum atomic E-state index is 12.3. The number of aliphatic hydroxyl groups is 1. The zero-order valence-corrected chi connectivity index (χ0v) is 14.5. The molecular formula is C16H24N4O3S. The molecule has 8 heteroatoms. The highest BCUT2D eigenvalue weighted by atomic mass is 32.1. The van der Waals surface area contributed by atoms with E-state index >= 15 is 0 Å². The molecule has 0 aromatic carbocycles. The molecule has 3 heterocycles. The summed E-state index contributed by atoms with van der Waals surface area (Å²) in [5.41, 5.74) is 5.60. The van der Waals surface area contributed by atoms with Crippen LogP contribution < -0.4 is 10.6 Å². The summed E-state index contributed by atoms with van der Waals surface area (Å²) < 4.78 is 0. The third-order valence-electron chi connectivity index (χ3n) is 4.97. The number of likely N-dealkylation sites (tertiary alicyclic amines) is 1. The van der Waals surface area contributed by atoms with E-state index in [1.807, 2.05) is 4.90 Å². The maximum absolute atomic E-state index is 12.3. The van der Waals surface area contributed by atoms with E-state index in [2.05, 4.69) is 9.88 Å². The lowest BCUT2D eigenvalue weighted by molar-refractivity contribution is -0.139. The van der Waals surface area contributed by atoms with Crippen LogP contribution in [0.5, 0.6) is 0 Å². The molecule has 24 heavy (non-hydrogen) atoms. The smallest absolute Gasteiger partial charge is 0.268 e. The van der Waals surface area contributed by atoms with Crippen LogP contribution in [-0.2, 0) is 4.79 Å². The van der Waals surface area contributed by atoms with E-state index in [1.54, 1.807) is 5.38 Å². The highest BCUT2D eigenvalue weighted by Crippen LogP contribution is 2.34. The topological polar surface area (TPSA) is 99.8 Å². The van der Waals surface area contributed by atoms with Gasteiger partial charge in [0.1, 0.15) is 5.69 Å². The fourth-order valence-corrected chi connectivity index (χ4v) is 4.58. The number of carbonyl (C=O) groups excluding carboxylic acids is 2. The Morgan fingerprint density at radius 2 is 2.25 bits per heavy atom. The Balaban J connectivity index is 1.65. The van der Waals surface area contributed by atoms with Crippen LogP contribution in [0.3, 0.4) is 0 Å². The average Bonchev–Trinajstić information content (AvgIpc) is 3.07. The number of hydrogen-bond donors (Lipinski definition) is 2. The molecule has 1 aromatic heterocycles. The van der Waals surface area contributed by atoms with E-state index in [-0.39, 0.29) is 18.6 Å². The van der Waals surface area contributed by atoms with Crippen molar-refractivity contribution in [2.75, 3.05) is 31.1 Å². The first-order valence-electron chi connectivity index (χ1n) is 8.50. The molecule has 0 bridgehead atoms. The number of anilines is 1. The quantitative estimate of drug-likeness (QED) is 0.739. The van der Waals surface area contributed by atoms with E-state index in [9.17, 15) is 9.59 Å². The van der Waals surface area contributed by atoms with Crippen molar-refractivity contribution in [2.24, 2.45) is 11.7 Å². The predicted octanol–water partition coefficient (Wildman–Crippen LogP) is 0.832. The number of nitrogens with two attached hydrogens (primary N) is 1. The number of unbranched alkanes of at least 4 members (excludes halogenated alkanes) is 1. The Labute approximate surface area is 145 Å². The molecule has 3 N–H and O–H groups in total. The minimum atomic E-state index is -0.495. The number of primary amides is 1. The number of hydrogen-bond acceptors (Lipinski definition) is 6. The normalized spacial score (nSPS) is 24.1. The molecule has 0 saturated carbocycles. The minimum Gasteiger partial charge on any atom is -0.396 e. The molecule has 0 radical (unpaired) electrons. The van der Waals surface area contributed by atoms with E-state index in [1.165, 1.54) is 11.3 Å². The van der Waals surface area contributed by atoms with Crippen LogP contribution in [0.15, 0.2) is 5.38 Å². The molecule has 0 spiro atoms. The molecule has 2 fully saturated rings. The van der Waals surface area contributed by atoms with Crippen molar-refractivity contribution in [3.63, 3.8) is 0 Å². The average molecular weight is 352 g/mol. The number of aromatic nitrogens is 1. The fourth-order valence-electron chi connectivity index (χ4n) is 3.73. The van der Waals surface area contributed by atoms with Gasteiger partial charge in [-0.05, 0) is 31.6 Å². The summed E-state index contributed by atoms with van der Waals surface area (Å²) in [5.74, 6) is 0.185. The van der Waals surface area contributed by atoms with Crippen LogP contribution in [0, 0.1) is 5.92 Å². The largest absolute Gasteiger partial charge is 0.396 e. The number of aliphatic hydroxyl groups excluding tert-OH is 1. The van der Waals surface area contributed by atoms with Gasteiger partial charge in [-0.1, -0.05) is 0 Å². The summed E-state index contributed by atoms with van der Waals surface area (Å²) in [6, 6.07) is 0.289. The van der Waals surface area contributed by atoms with Gasteiger partial charge in [-0.2, -0.15) is 0 Å². The SMILES string of the molecule is NC(=O)c1csc(N2CC[C@@H]3[C@@H](CCC(=O)N3CCCCO)C2)n1. The lowest BCUT2D eigenvalue weighted by Crippen LogP contribution is -2.56. The van der Waals surface area contributed by atoms with Crippen LogP contribution in [0.25, 0.3) is 0 Å². The van der Waals surface area contributed by atoms with Gasteiger partial charge in [0.15, 0.2) is 5.13 Å². The predicted molar refractivity (Wildman–Crippen MR) is 92.0 cm³/mol. The van der Waals surface area contributed by atoms with Crippen LogP contribution in [0.4, 0.5) is 5.13 Å². The lowest BCUT2D eigenvalue weighted by Gasteiger charge is -2.47. The molecule has 2 aliphatic rings.